The van der Waals surface area contributed by atoms with Crippen LogP contribution in [-0.2, 0) is 21.2 Å². The van der Waals surface area contributed by atoms with E-state index in [0.717, 1.165) is 12.1 Å². The van der Waals surface area contributed by atoms with Crippen LogP contribution in [-0.4, -0.2) is 23.3 Å². The lowest BCUT2D eigenvalue weighted by Gasteiger charge is -2.45. The molecule has 0 radical (unpaired) electrons. The number of ketones is 1. The van der Waals surface area contributed by atoms with E-state index in [0.29, 0.717) is 29.8 Å². The average Bonchev–Trinajstić information content (AvgIpc) is 3.51. The molecule has 38 heavy (non-hydrogen) atoms. The molecule has 1 aromatic heterocycles. The number of anilines is 2. The van der Waals surface area contributed by atoms with Crippen LogP contribution in [0.5, 0.6) is 0 Å². The smallest absolute Gasteiger partial charge is 0.314 e. The van der Waals surface area contributed by atoms with Crippen LogP contribution in [0.2, 0.25) is 0 Å². The van der Waals surface area contributed by atoms with Crippen molar-refractivity contribution in [2.75, 3.05) is 16.8 Å². The number of alkyl halides is 3. The molecule has 0 fully saturated rings. The van der Waals surface area contributed by atoms with E-state index in [4.69, 9.17) is 0 Å². The molecule has 1 spiro atoms. The van der Waals surface area contributed by atoms with Crippen LogP contribution in [0, 0.1) is 11.3 Å². The summed E-state index contributed by atoms with van der Waals surface area (Å²) >= 11 is 0. The van der Waals surface area contributed by atoms with Gasteiger partial charge < -0.3 is 9.47 Å². The molecule has 0 saturated heterocycles. The number of carbonyl (C=O) groups is 2. The SMILES string of the molecule is CN1C(=O)[C@@]2(C(C#N)=C(n3cccc3)N(c3cccc(C(F)(F)F)c3)C3=C2C(=O)CCC3)c2ccccc21. The monoisotopic (exact) mass is 514 g/mol. The van der Waals surface area contributed by atoms with Gasteiger partial charge in [0.1, 0.15) is 17.3 Å². The zero-order valence-electron chi connectivity index (χ0n) is 20.3. The van der Waals surface area contributed by atoms with Crippen molar-refractivity contribution in [2.24, 2.45) is 0 Å². The first-order valence-electron chi connectivity index (χ1n) is 12.1. The molecule has 190 valence electrons. The van der Waals surface area contributed by atoms with Crippen molar-refractivity contribution in [1.29, 1.82) is 5.26 Å². The van der Waals surface area contributed by atoms with Gasteiger partial charge in [0.15, 0.2) is 5.78 Å². The molecule has 3 heterocycles. The molecule has 1 aliphatic carbocycles. The fourth-order valence-corrected chi connectivity index (χ4v) is 6.01. The Balaban J connectivity index is 1.77. The van der Waals surface area contributed by atoms with Gasteiger partial charge in [-0.25, -0.2) is 0 Å². The Kier molecular flexibility index (Phi) is 5.14. The zero-order valence-corrected chi connectivity index (χ0v) is 20.3. The summed E-state index contributed by atoms with van der Waals surface area (Å²) in [5.41, 5.74) is -0.730. The van der Waals surface area contributed by atoms with E-state index in [2.05, 4.69) is 6.07 Å². The molecule has 0 saturated carbocycles. The molecule has 6 rings (SSSR count). The number of hydrogen-bond acceptors (Lipinski definition) is 4. The highest BCUT2D eigenvalue weighted by molar-refractivity contribution is 6.21. The molecule has 3 aliphatic rings. The number of nitriles is 1. The van der Waals surface area contributed by atoms with Crippen molar-refractivity contribution in [2.45, 2.75) is 30.9 Å². The standard InChI is InChI=1S/C29H21F3N4O2/c1-34-22-11-3-2-10-20(22)28(27(34)38)21(17-33)26(35-14-4-5-15-35)36(23-12-7-13-24(37)25(23)28)19-9-6-8-18(16-19)29(30,31)32/h2-6,8-11,14-16H,7,12-13H2,1H3/t28-/m1/s1. The van der Waals surface area contributed by atoms with Crippen LogP contribution in [0.1, 0.15) is 30.4 Å². The number of amides is 1. The minimum absolute atomic E-state index is 0.0121. The molecule has 0 N–H and O–H groups in total. The number of likely N-dealkylation sites (N-methyl/N-ethyl adjacent to an activating group) is 1. The number of halogens is 3. The molecule has 0 unspecified atom stereocenters. The third-order valence-electron chi connectivity index (χ3n) is 7.53. The second kappa shape index (κ2) is 8.21. The summed E-state index contributed by atoms with van der Waals surface area (Å²) in [4.78, 5) is 31.0. The largest absolute Gasteiger partial charge is 0.416 e. The van der Waals surface area contributed by atoms with E-state index in [-0.39, 0.29) is 34.9 Å². The second-order valence-corrected chi connectivity index (χ2v) is 9.51. The third kappa shape index (κ3) is 3.06. The van der Waals surface area contributed by atoms with Crippen molar-refractivity contribution in [1.82, 2.24) is 4.57 Å². The summed E-state index contributed by atoms with van der Waals surface area (Å²) in [6.45, 7) is 0. The van der Waals surface area contributed by atoms with Gasteiger partial charge in [-0.15, -0.1) is 0 Å². The quantitative estimate of drug-likeness (QED) is 0.444. The van der Waals surface area contributed by atoms with Crippen LogP contribution in [0.15, 0.2) is 89.9 Å². The maximum atomic E-state index is 14.2. The highest BCUT2D eigenvalue weighted by Crippen LogP contribution is 2.57. The van der Waals surface area contributed by atoms with Crippen LogP contribution < -0.4 is 9.80 Å². The van der Waals surface area contributed by atoms with Gasteiger partial charge in [-0.3, -0.25) is 14.5 Å². The number of Topliss-reactive ketones (excluding diaryl/α,β-unsaturated/α-hetero) is 1. The zero-order chi connectivity index (χ0) is 26.8. The van der Waals surface area contributed by atoms with E-state index in [1.807, 2.05) is 0 Å². The topological polar surface area (TPSA) is 69.3 Å². The number of benzene rings is 2. The lowest BCUT2D eigenvalue weighted by Crippen LogP contribution is -2.51. The Labute approximate surface area is 216 Å². The normalized spacial score (nSPS) is 21.2. The number of nitrogens with zero attached hydrogens (tertiary/aromatic N) is 4. The lowest BCUT2D eigenvalue weighted by atomic mass is 9.63. The van der Waals surface area contributed by atoms with Gasteiger partial charge >= 0.3 is 6.18 Å². The van der Waals surface area contributed by atoms with Gasteiger partial charge in [0.05, 0.1) is 11.1 Å². The van der Waals surface area contributed by atoms with Gasteiger partial charge in [-0.1, -0.05) is 24.3 Å². The van der Waals surface area contributed by atoms with E-state index in [1.54, 1.807) is 65.3 Å². The molecule has 2 aromatic carbocycles. The first-order chi connectivity index (χ1) is 18.2. The van der Waals surface area contributed by atoms with Gasteiger partial charge in [-0.05, 0) is 49.2 Å². The highest BCUT2D eigenvalue weighted by atomic mass is 19.4. The molecular weight excluding hydrogens is 493 g/mol. The summed E-state index contributed by atoms with van der Waals surface area (Å²) in [5.74, 6) is -0.504. The first kappa shape index (κ1) is 23.8. The van der Waals surface area contributed by atoms with Crippen molar-refractivity contribution >= 4 is 28.9 Å². The Morgan fingerprint density at radius 1 is 0.974 bits per heavy atom. The minimum Gasteiger partial charge on any atom is -0.314 e. The van der Waals surface area contributed by atoms with E-state index >= 15 is 0 Å². The number of para-hydroxylation sites is 1. The highest BCUT2D eigenvalue weighted by Gasteiger charge is 2.62. The van der Waals surface area contributed by atoms with Gasteiger partial charge in [-0.2, -0.15) is 18.4 Å². The number of fused-ring (bicyclic) bond motifs is 3. The van der Waals surface area contributed by atoms with Gasteiger partial charge in [0, 0.05) is 54.1 Å². The molecule has 1 amide bonds. The fraction of sp³-hybridized carbons (Fsp3) is 0.207. The third-order valence-corrected chi connectivity index (χ3v) is 7.53. The van der Waals surface area contributed by atoms with Crippen molar-refractivity contribution in [3.05, 3.63) is 101 Å². The molecule has 0 bridgehead atoms. The number of rotatable bonds is 2. The Hall–Kier alpha value is -4.58. The molecule has 3 aromatic rings. The van der Waals surface area contributed by atoms with Crippen LogP contribution in [0.3, 0.4) is 0 Å². The summed E-state index contributed by atoms with van der Waals surface area (Å²) < 4.78 is 42.8. The number of carbonyl (C=O) groups excluding carboxylic acids is 2. The van der Waals surface area contributed by atoms with E-state index < -0.39 is 23.1 Å². The lowest BCUT2D eigenvalue weighted by molar-refractivity contribution is -0.137. The van der Waals surface area contributed by atoms with Crippen LogP contribution in [0.4, 0.5) is 24.5 Å². The van der Waals surface area contributed by atoms with E-state index in [9.17, 15) is 28.0 Å². The number of allylic oxidation sites excluding steroid dienone is 1. The molecular formula is C29H21F3N4O2. The van der Waals surface area contributed by atoms with Gasteiger partial charge in [0.2, 0.25) is 5.91 Å². The predicted octanol–water partition coefficient (Wildman–Crippen LogP) is 5.64. The summed E-state index contributed by atoms with van der Waals surface area (Å²) in [6.07, 6.45) is -0.255. The van der Waals surface area contributed by atoms with Crippen molar-refractivity contribution in [3.63, 3.8) is 0 Å². The van der Waals surface area contributed by atoms with Crippen LogP contribution in [0.25, 0.3) is 5.82 Å². The molecule has 9 heteroatoms. The predicted molar refractivity (Wildman–Crippen MR) is 135 cm³/mol. The Morgan fingerprint density at radius 3 is 2.42 bits per heavy atom. The summed E-state index contributed by atoms with van der Waals surface area (Å²) in [7, 11) is 1.60. The first-order valence-corrected chi connectivity index (χ1v) is 12.1. The van der Waals surface area contributed by atoms with Crippen molar-refractivity contribution < 1.29 is 22.8 Å². The summed E-state index contributed by atoms with van der Waals surface area (Å²) in [5, 5.41) is 10.7. The van der Waals surface area contributed by atoms with E-state index in [1.165, 1.54) is 17.0 Å². The molecule has 2 aliphatic heterocycles. The Bertz CT molecular complexity index is 1610. The second-order valence-electron chi connectivity index (χ2n) is 9.51. The number of aromatic nitrogens is 1. The molecule has 6 nitrogen and oxygen atoms in total. The fourth-order valence-electron chi connectivity index (χ4n) is 6.01. The van der Waals surface area contributed by atoms with Crippen molar-refractivity contribution in [3.8, 4) is 6.07 Å². The van der Waals surface area contributed by atoms with Gasteiger partial charge in [0.25, 0.3) is 0 Å². The minimum atomic E-state index is -4.59. The maximum Gasteiger partial charge on any atom is 0.416 e. The Morgan fingerprint density at radius 2 is 1.71 bits per heavy atom. The van der Waals surface area contributed by atoms with Crippen LogP contribution >= 0.6 is 0 Å². The maximum absolute atomic E-state index is 14.2. The number of hydrogen-bond donors (Lipinski definition) is 0. The summed E-state index contributed by atoms with van der Waals surface area (Å²) in [6, 6.07) is 17.5. The molecule has 1 atom stereocenters. The average molecular weight is 515 g/mol.